The summed E-state index contributed by atoms with van der Waals surface area (Å²) < 4.78 is 8.63. The van der Waals surface area contributed by atoms with Gasteiger partial charge in [0, 0.05) is 29.6 Å². The van der Waals surface area contributed by atoms with Crippen molar-refractivity contribution in [1.82, 2.24) is 18.9 Å². The molecule has 2 aromatic heterocycles. The van der Waals surface area contributed by atoms with Crippen molar-refractivity contribution < 1.29 is 0 Å². The first-order valence-corrected chi connectivity index (χ1v) is 7.66. The quantitative estimate of drug-likeness (QED) is 0.603. The number of hydrogen-bond donors (Lipinski definition) is 2. The van der Waals surface area contributed by atoms with E-state index in [-0.39, 0.29) is 0 Å². The predicted octanol–water partition coefficient (Wildman–Crippen LogP) is 3.69. The maximum absolute atomic E-state index is 4.36. The number of anilines is 1. The fourth-order valence-corrected chi connectivity index (χ4v) is 2.96. The first-order chi connectivity index (χ1) is 10.9. The minimum absolute atomic E-state index is 0.730. The lowest BCUT2D eigenvalue weighted by Gasteiger charge is -2.07. The number of nitrogens with zero attached hydrogens (tertiary/aromatic N) is 3. The van der Waals surface area contributed by atoms with Gasteiger partial charge >= 0.3 is 0 Å². The molecule has 22 heavy (non-hydrogen) atoms. The minimum atomic E-state index is 0.730. The van der Waals surface area contributed by atoms with E-state index in [1.807, 2.05) is 24.5 Å². The zero-order valence-corrected chi connectivity index (χ0v) is 12.5. The molecule has 2 aromatic carbocycles. The molecule has 0 amide bonds. The van der Waals surface area contributed by atoms with Crippen molar-refractivity contribution >= 4 is 28.4 Å². The van der Waals surface area contributed by atoms with Crippen LogP contribution in [0.2, 0.25) is 0 Å². The molecule has 0 bridgehead atoms. The Morgan fingerprint density at radius 3 is 2.73 bits per heavy atom. The van der Waals surface area contributed by atoms with Gasteiger partial charge in [-0.3, -0.25) is 5.10 Å². The highest BCUT2D eigenvalue weighted by atomic mass is 32.1. The average molecular weight is 307 g/mol. The van der Waals surface area contributed by atoms with E-state index in [9.17, 15) is 0 Å². The number of H-pyrrole nitrogens is 1. The highest BCUT2D eigenvalue weighted by Gasteiger charge is 2.05. The maximum Gasteiger partial charge on any atom is 0.109 e. The molecule has 0 spiro atoms. The smallest absolute Gasteiger partial charge is 0.109 e. The average Bonchev–Trinajstić information content (AvgIpc) is 3.24. The summed E-state index contributed by atoms with van der Waals surface area (Å²) in [5.41, 5.74) is 6.40. The van der Waals surface area contributed by atoms with Gasteiger partial charge in [-0.1, -0.05) is 24.3 Å². The third kappa shape index (κ3) is 2.44. The molecule has 0 atom stereocenters. The van der Waals surface area contributed by atoms with Gasteiger partial charge in [-0.15, -0.1) is 0 Å². The van der Waals surface area contributed by atoms with Gasteiger partial charge in [0.1, 0.15) is 11.0 Å². The second-order valence-electron chi connectivity index (χ2n) is 4.97. The molecule has 6 heteroatoms. The molecule has 2 heterocycles. The Labute approximate surface area is 131 Å². The number of hydrogen-bond acceptors (Lipinski definition) is 5. The van der Waals surface area contributed by atoms with E-state index in [0.29, 0.717) is 0 Å². The van der Waals surface area contributed by atoms with Crippen molar-refractivity contribution in [2.75, 3.05) is 5.32 Å². The lowest BCUT2D eigenvalue weighted by atomic mass is 10.1. The molecule has 0 saturated heterocycles. The molecule has 0 unspecified atom stereocenters. The molecule has 0 saturated carbocycles. The van der Waals surface area contributed by atoms with Crippen molar-refractivity contribution in [3.63, 3.8) is 0 Å². The van der Waals surface area contributed by atoms with E-state index < -0.39 is 0 Å². The summed E-state index contributed by atoms with van der Waals surface area (Å²) in [7, 11) is 0. The van der Waals surface area contributed by atoms with Gasteiger partial charge in [-0.25, -0.2) is 0 Å². The van der Waals surface area contributed by atoms with E-state index in [1.165, 1.54) is 11.7 Å². The molecule has 4 rings (SSSR count). The molecule has 0 radical (unpaired) electrons. The van der Waals surface area contributed by atoms with Gasteiger partial charge in [0.2, 0.25) is 0 Å². The predicted molar refractivity (Wildman–Crippen MR) is 88.8 cm³/mol. The maximum atomic E-state index is 4.36. The molecule has 2 N–H and O–H groups in total. The fourth-order valence-electron chi connectivity index (χ4n) is 2.39. The largest absolute Gasteiger partial charge is 0.381 e. The van der Waals surface area contributed by atoms with Gasteiger partial charge in [0.05, 0.1) is 17.9 Å². The fraction of sp³-hybridized carbons (Fsp3) is 0.0625. The lowest BCUT2D eigenvalue weighted by Crippen LogP contribution is -1.99. The van der Waals surface area contributed by atoms with Gasteiger partial charge < -0.3 is 5.32 Å². The number of nitrogens with one attached hydrogen (secondary N) is 2. The summed E-state index contributed by atoms with van der Waals surface area (Å²) in [4.78, 5) is 0. The molecule has 5 nitrogen and oxygen atoms in total. The zero-order valence-electron chi connectivity index (χ0n) is 11.7. The minimum Gasteiger partial charge on any atom is -0.381 e. The van der Waals surface area contributed by atoms with Crippen LogP contribution >= 0.6 is 11.7 Å². The zero-order chi connectivity index (χ0) is 14.8. The van der Waals surface area contributed by atoms with Crippen LogP contribution in [0.4, 0.5) is 5.69 Å². The van der Waals surface area contributed by atoms with Crippen LogP contribution in [-0.2, 0) is 6.54 Å². The summed E-state index contributed by atoms with van der Waals surface area (Å²) in [6.07, 6.45) is 3.71. The normalized spacial score (nSPS) is 10.9. The third-order valence-corrected chi connectivity index (χ3v) is 4.11. The van der Waals surface area contributed by atoms with Crippen LogP contribution in [-0.4, -0.2) is 18.9 Å². The summed E-state index contributed by atoms with van der Waals surface area (Å²) in [6.45, 7) is 0.730. The second-order valence-corrected chi connectivity index (χ2v) is 5.50. The van der Waals surface area contributed by atoms with E-state index in [1.54, 1.807) is 0 Å². The Morgan fingerprint density at radius 2 is 1.91 bits per heavy atom. The molecule has 0 aliphatic heterocycles. The third-order valence-electron chi connectivity index (χ3n) is 3.57. The highest BCUT2D eigenvalue weighted by molar-refractivity contribution is 7.00. The van der Waals surface area contributed by atoms with Gasteiger partial charge in [0.15, 0.2) is 0 Å². The topological polar surface area (TPSA) is 66.5 Å². The molecule has 108 valence electrons. The first-order valence-electron chi connectivity index (χ1n) is 6.93. The van der Waals surface area contributed by atoms with E-state index in [0.717, 1.165) is 40.0 Å². The number of fused-ring (bicyclic) bond motifs is 1. The first kappa shape index (κ1) is 13.0. The number of aromatic nitrogens is 4. The summed E-state index contributed by atoms with van der Waals surface area (Å²) in [5.74, 6) is 0. The molecular weight excluding hydrogens is 294 g/mol. The van der Waals surface area contributed by atoms with Gasteiger partial charge in [-0.05, 0) is 23.8 Å². The highest BCUT2D eigenvalue weighted by Crippen LogP contribution is 2.21. The monoisotopic (exact) mass is 307 g/mol. The van der Waals surface area contributed by atoms with E-state index in [4.69, 9.17) is 0 Å². The lowest BCUT2D eigenvalue weighted by molar-refractivity contribution is 1.09. The number of benzene rings is 2. The Hall–Kier alpha value is -2.73. The number of rotatable bonds is 4. The van der Waals surface area contributed by atoms with Crippen molar-refractivity contribution in [2.24, 2.45) is 0 Å². The molecule has 0 fully saturated rings. The summed E-state index contributed by atoms with van der Waals surface area (Å²) >= 11 is 1.25. The summed E-state index contributed by atoms with van der Waals surface area (Å²) in [5, 5.41) is 10.2. The Morgan fingerprint density at radius 1 is 1.00 bits per heavy atom. The number of aromatic amines is 1. The van der Waals surface area contributed by atoms with Crippen LogP contribution in [0.1, 0.15) is 5.56 Å². The molecule has 0 aliphatic rings. The van der Waals surface area contributed by atoms with Crippen LogP contribution in [0.15, 0.2) is 54.9 Å². The van der Waals surface area contributed by atoms with Crippen molar-refractivity contribution in [3.05, 3.63) is 60.4 Å². The van der Waals surface area contributed by atoms with Crippen molar-refractivity contribution in [1.29, 1.82) is 0 Å². The van der Waals surface area contributed by atoms with Crippen LogP contribution in [0.3, 0.4) is 0 Å². The van der Waals surface area contributed by atoms with E-state index in [2.05, 4.69) is 54.6 Å². The Bertz CT molecular complexity index is 880. The Kier molecular flexibility index (Phi) is 3.29. The van der Waals surface area contributed by atoms with Crippen LogP contribution in [0, 0.1) is 0 Å². The SMILES string of the molecule is c1cc(CNc2ccc(-c3cn[nH]c3)cc2)c2nsnc2c1. The Balaban J connectivity index is 1.51. The van der Waals surface area contributed by atoms with Crippen LogP contribution < -0.4 is 5.32 Å². The molecule has 0 aliphatic carbocycles. The van der Waals surface area contributed by atoms with Crippen molar-refractivity contribution in [2.45, 2.75) is 6.54 Å². The second kappa shape index (κ2) is 5.57. The van der Waals surface area contributed by atoms with Crippen molar-refractivity contribution in [3.8, 4) is 11.1 Å². The van der Waals surface area contributed by atoms with Gasteiger partial charge in [0.25, 0.3) is 0 Å². The van der Waals surface area contributed by atoms with Gasteiger partial charge in [-0.2, -0.15) is 13.8 Å². The standard InChI is InChI=1S/C16H13N5S/c1-2-12(16-15(3-1)20-22-21-16)8-17-14-6-4-11(5-7-14)13-9-18-19-10-13/h1-7,9-10,17H,8H2,(H,18,19). The van der Waals surface area contributed by atoms with Crippen LogP contribution in [0.25, 0.3) is 22.2 Å². The molecule has 4 aromatic rings. The summed E-state index contributed by atoms with van der Waals surface area (Å²) in [6, 6.07) is 14.4. The van der Waals surface area contributed by atoms with E-state index >= 15 is 0 Å². The van der Waals surface area contributed by atoms with Crippen LogP contribution in [0.5, 0.6) is 0 Å². The molecular formula is C16H13N5S.